The number of aromatic nitrogens is 3. The van der Waals surface area contributed by atoms with Gasteiger partial charge in [0.25, 0.3) is 0 Å². The second-order valence-electron chi connectivity index (χ2n) is 6.92. The van der Waals surface area contributed by atoms with Crippen LogP contribution in [0.5, 0.6) is 0 Å². The molecule has 0 bridgehead atoms. The van der Waals surface area contributed by atoms with Crippen LogP contribution in [0.15, 0.2) is 6.20 Å². The first-order chi connectivity index (χ1) is 10.8. The minimum Gasteiger partial charge on any atom is -0.368 e. The lowest BCUT2D eigenvalue weighted by Crippen LogP contribution is -2.55. The molecule has 8 heteroatoms. The van der Waals surface area contributed by atoms with E-state index in [2.05, 4.69) is 41.3 Å². The van der Waals surface area contributed by atoms with Crippen LogP contribution in [0.4, 0.5) is 0 Å². The maximum Gasteiger partial charge on any atom is 0.244 e. The van der Waals surface area contributed by atoms with Crippen LogP contribution in [0.3, 0.4) is 0 Å². The van der Waals surface area contributed by atoms with Gasteiger partial charge in [0.1, 0.15) is 12.2 Å². The Morgan fingerprint density at radius 3 is 2.52 bits per heavy atom. The molecule has 2 heterocycles. The van der Waals surface area contributed by atoms with Crippen LogP contribution >= 0.6 is 0 Å². The van der Waals surface area contributed by atoms with Gasteiger partial charge < -0.3 is 10.2 Å². The van der Waals surface area contributed by atoms with E-state index in [0.717, 1.165) is 31.9 Å². The molecular formula is C15H27N7O. The molecule has 2 N–H and O–H groups in total. The number of nitrogens with one attached hydrogen (secondary N) is 2. The molecule has 0 aliphatic carbocycles. The van der Waals surface area contributed by atoms with Crippen molar-refractivity contribution < 1.29 is 4.79 Å². The fraction of sp³-hybridized carbons (Fsp3) is 0.733. The van der Waals surface area contributed by atoms with Gasteiger partial charge in [-0.1, -0.05) is 5.21 Å². The molecule has 1 fully saturated rings. The molecule has 0 spiro atoms. The van der Waals surface area contributed by atoms with Crippen LogP contribution in [-0.2, 0) is 17.9 Å². The summed E-state index contributed by atoms with van der Waals surface area (Å²) in [5, 5.41) is 18.2. The van der Waals surface area contributed by atoms with Crippen LogP contribution in [0, 0.1) is 5.41 Å². The van der Waals surface area contributed by atoms with Crippen LogP contribution in [0.2, 0.25) is 0 Å². The number of carbonyl (C=O) groups excluding carboxylic acids is 1. The smallest absolute Gasteiger partial charge is 0.244 e. The first-order valence-electron chi connectivity index (χ1n) is 7.96. The molecule has 1 aliphatic rings. The summed E-state index contributed by atoms with van der Waals surface area (Å²) in [5.74, 6) is 0.457. The van der Waals surface area contributed by atoms with Gasteiger partial charge in [-0.15, -0.1) is 5.10 Å². The number of amidine groups is 1. The van der Waals surface area contributed by atoms with E-state index in [9.17, 15) is 4.79 Å². The lowest BCUT2D eigenvalue weighted by Gasteiger charge is -2.42. The number of hydrogen-bond donors (Lipinski definition) is 2. The average Bonchev–Trinajstić information content (AvgIpc) is 2.92. The number of piperazine rings is 1. The van der Waals surface area contributed by atoms with E-state index < -0.39 is 0 Å². The SMILES string of the molecule is CC(=N)NCc1cn(CC(=O)N2CCN(C(C)(C)C)CC2)nn1. The van der Waals surface area contributed by atoms with Gasteiger partial charge in [0.05, 0.1) is 18.6 Å². The molecule has 8 nitrogen and oxygen atoms in total. The summed E-state index contributed by atoms with van der Waals surface area (Å²) in [4.78, 5) is 16.7. The zero-order valence-electron chi connectivity index (χ0n) is 14.5. The Morgan fingerprint density at radius 1 is 1.30 bits per heavy atom. The molecule has 0 saturated carbocycles. The number of hydrogen-bond acceptors (Lipinski definition) is 5. The maximum atomic E-state index is 12.4. The third-order valence-corrected chi connectivity index (χ3v) is 4.00. The predicted octanol–water partition coefficient (Wildman–Crippen LogP) is 0.308. The molecule has 1 aromatic heterocycles. The Morgan fingerprint density at radius 2 is 1.96 bits per heavy atom. The van der Waals surface area contributed by atoms with Gasteiger partial charge in [-0.3, -0.25) is 15.1 Å². The van der Waals surface area contributed by atoms with Crippen molar-refractivity contribution in [3.8, 4) is 0 Å². The highest BCUT2D eigenvalue weighted by Crippen LogP contribution is 2.15. The molecule has 0 aromatic carbocycles. The van der Waals surface area contributed by atoms with Crippen molar-refractivity contribution >= 4 is 11.7 Å². The topological polar surface area (TPSA) is 90.1 Å². The monoisotopic (exact) mass is 321 g/mol. The Bertz CT molecular complexity index is 552. The summed E-state index contributed by atoms with van der Waals surface area (Å²) in [6.45, 7) is 12.3. The highest BCUT2D eigenvalue weighted by molar-refractivity contribution is 5.76. The van der Waals surface area contributed by atoms with Crippen molar-refractivity contribution in [2.75, 3.05) is 26.2 Å². The minimum absolute atomic E-state index is 0.0752. The quantitative estimate of drug-likeness (QED) is 0.615. The maximum absolute atomic E-state index is 12.4. The highest BCUT2D eigenvalue weighted by Gasteiger charge is 2.27. The summed E-state index contributed by atoms with van der Waals surface area (Å²) in [6, 6.07) is 0. The van der Waals surface area contributed by atoms with Gasteiger partial charge >= 0.3 is 0 Å². The van der Waals surface area contributed by atoms with Crippen LogP contribution < -0.4 is 5.32 Å². The fourth-order valence-electron chi connectivity index (χ4n) is 2.59. The second kappa shape index (κ2) is 7.08. The molecule has 1 aliphatic heterocycles. The largest absolute Gasteiger partial charge is 0.368 e. The van der Waals surface area contributed by atoms with Crippen LogP contribution in [0.1, 0.15) is 33.4 Å². The van der Waals surface area contributed by atoms with Crippen molar-refractivity contribution in [3.05, 3.63) is 11.9 Å². The molecule has 128 valence electrons. The van der Waals surface area contributed by atoms with Crippen molar-refractivity contribution in [2.45, 2.75) is 46.3 Å². The number of carbonyl (C=O) groups is 1. The Labute approximate surface area is 137 Å². The van der Waals surface area contributed by atoms with Crippen molar-refractivity contribution in [1.82, 2.24) is 30.1 Å². The standard InChI is InChI=1S/C15H27N7O/c1-12(16)17-9-13-10-22(19-18-13)11-14(23)20-5-7-21(8-6-20)15(2,3)4/h10H,5-9,11H2,1-4H3,(H2,16,17). The van der Waals surface area contributed by atoms with E-state index in [1.165, 1.54) is 0 Å². The van der Waals surface area contributed by atoms with E-state index >= 15 is 0 Å². The fourth-order valence-corrected chi connectivity index (χ4v) is 2.59. The van der Waals surface area contributed by atoms with Crippen LogP contribution in [-0.4, -0.2) is 68.3 Å². The number of rotatable bonds is 4. The highest BCUT2D eigenvalue weighted by atomic mass is 16.2. The van der Waals surface area contributed by atoms with Crippen molar-refractivity contribution in [2.24, 2.45) is 0 Å². The third-order valence-electron chi connectivity index (χ3n) is 4.00. The van der Waals surface area contributed by atoms with Gasteiger partial charge in [0, 0.05) is 31.7 Å². The zero-order chi connectivity index (χ0) is 17.0. The molecule has 1 amide bonds. The van der Waals surface area contributed by atoms with E-state index in [-0.39, 0.29) is 18.0 Å². The van der Waals surface area contributed by atoms with Gasteiger partial charge in [0.15, 0.2) is 0 Å². The summed E-state index contributed by atoms with van der Waals surface area (Å²) in [6.07, 6.45) is 1.75. The van der Waals surface area contributed by atoms with E-state index in [0.29, 0.717) is 12.4 Å². The minimum atomic E-state index is 0.0752. The molecule has 0 radical (unpaired) electrons. The lowest BCUT2D eigenvalue weighted by molar-refractivity contribution is -0.134. The van der Waals surface area contributed by atoms with E-state index in [4.69, 9.17) is 5.41 Å². The van der Waals surface area contributed by atoms with E-state index in [1.54, 1.807) is 17.8 Å². The summed E-state index contributed by atoms with van der Waals surface area (Å²) in [7, 11) is 0. The summed E-state index contributed by atoms with van der Waals surface area (Å²) in [5.41, 5.74) is 0.873. The van der Waals surface area contributed by atoms with Crippen LogP contribution in [0.25, 0.3) is 0 Å². The Hall–Kier alpha value is -1.96. The van der Waals surface area contributed by atoms with Gasteiger partial charge in [-0.05, 0) is 27.7 Å². The van der Waals surface area contributed by atoms with Crippen molar-refractivity contribution in [3.63, 3.8) is 0 Å². The van der Waals surface area contributed by atoms with Crippen molar-refractivity contribution in [1.29, 1.82) is 5.41 Å². The molecule has 1 saturated heterocycles. The lowest BCUT2D eigenvalue weighted by atomic mass is 10.1. The Kier molecular flexibility index (Phi) is 5.35. The molecule has 0 atom stereocenters. The molecule has 1 aromatic rings. The molecular weight excluding hydrogens is 294 g/mol. The first-order valence-corrected chi connectivity index (χ1v) is 7.96. The van der Waals surface area contributed by atoms with E-state index in [1.807, 2.05) is 4.90 Å². The number of amides is 1. The molecule has 0 unspecified atom stereocenters. The van der Waals surface area contributed by atoms with Gasteiger partial charge in [0.2, 0.25) is 5.91 Å². The predicted molar refractivity (Wildman–Crippen MR) is 88.2 cm³/mol. The average molecular weight is 321 g/mol. The molecule has 2 rings (SSSR count). The van der Waals surface area contributed by atoms with Gasteiger partial charge in [-0.2, -0.15) is 0 Å². The number of nitrogens with zero attached hydrogens (tertiary/aromatic N) is 5. The normalized spacial score (nSPS) is 16.4. The Balaban J connectivity index is 1.82. The summed E-state index contributed by atoms with van der Waals surface area (Å²) < 4.78 is 1.56. The zero-order valence-corrected chi connectivity index (χ0v) is 14.5. The second-order valence-corrected chi connectivity index (χ2v) is 6.92. The first kappa shape index (κ1) is 17.4. The molecule has 23 heavy (non-hydrogen) atoms. The van der Waals surface area contributed by atoms with Gasteiger partial charge in [-0.25, -0.2) is 4.68 Å². The third kappa shape index (κ3) is 5.02. The summed E-state index contributed by atoms with van der Waals surface area (Å²) >= 11 is 0.